The van der Waals surface area contributed by atoms with Crippen LogP contribution in [0, 0.1) is 5.92 Å². The van der Waals surface area contributed by atoms with Gasteiger partial charge >= 0.3 is 5.97 Å². The van der Waals surface area contributed by atoms with Crippen molar-refractivity contribution in [1.82, 2.24) is 9.62 Å². The molecule has 1 atom stereocenters. The van der Waals surface area contributed by atoms with Crippen molar-refractivity contribution >= 4 is 21.9 Å². The lowest BCUT2D eigenvalue weighted by Crippen LogP contribution is -2.40. The number of esters is 1. The zero-order valence-corrected chi connectivity index (χ0v) is 20.7. The molecule has 2 rings (SSSR count). The second kappa shape index (κ2) is 10.8. The van der Waals surface area contributed by atoms with Crippen LogP contribution in [0.25, 0.3) is 0 Å². The summed E-state index contributed by atoms with van der Waals surface area (Å²) in [4.78, 5) is 26.8. The maximum absolute atomic E-state index is 13.5. The topological polar surface area (TPSA) is 102 Å². The quantitative estimate of drug-likeness (QED) is 0.558. The van der Waals surface area contributed by atoms with Gasteiger partial charge in [0.2, 0.25) is 10.0 Å². The number of ether oxygens (including phenoxy) is 2. The minimum absolute atomic E-state index is 0.106. The van der Waals surface area contributed by atoms with Gasteiger partial charge in [0.15, 0.2) is 0 Å². The standard InChI is InChI=1S/C24H32N2O6S/c1-17(23(28)32-6)15-26(16-18-10-8-7-9-11-18)22(27)19-12-13-20(31-5)21(14-19)33(29,30)25-24(2,3)4/h7-14,17,25H,15-16H2,1-6H3. The number of hydrogen-bond acceptors (Lipinski definition) is 6. The normalized spacial score (nSPS) is 12.7. The van der Waals surface area contributed by atoms with Crippen molar-refractivity contribution in [2.45, 2.75) is 44.7 Å². The molecule has 0 saturated carbocycles. The lowest BCUT2D eigenvalue weighted by Gasteiger charge is -2.26. The number of carbonyl (C=O) groups excluding carboxylic acids is 2. The Kier molecular flexibility index (Phi) is 8.63. The highest BCUT2D eigenvalue weighted by Crippen LogP contribution is 2.27. The largest absolute Gasteiger partial charge is 0.495 e. The second-order valence-corrected chi connectivity index (χ2v) is 10.5. The first-order chi connectivity index (χ1) is 15.4. The molecular weight excluding hydrogens is 444 g/mol. The molecule has 0 aliphatic rings. The fraction of sp³-hybridized carbons (Fsp3) is 0.417. The van der Waals surface area contributed by atoms with Crippen LogP contribution in [0.1, 0.15) is 43.6 Å². The Morgan fingerprint density at radius 1 is 1.06 bits per heavy atom. The summed E-state index contributed by atoms with van der Waals surface area (Å²) in [7, 11) is -1.30. The van der Waals surface area contributed by atoms with E-state index >= 15 is 0 Å². The predicted molar refractivity (Wildman–Crippen MR) is 125 cm³/mol. The third-order valence-corrected chi connectivity index (χ3v) is 6.52. The van der Waals surface area contributed by atoms with Crippen LogP contribution in [0.3, 0.4) is 0 Å². The van der Waals surface area contributed by atoms with Crippen molar-refractivity contribution in [3.8, 4) is 5.75 Å². The van der Waals surface area contributed by atoms with Gasteiger partial charge in [-0.05, 0) is 44.5 Å². The average Bonchev–Trinajstić information content (AvgIpc) is 2.76. The molecule has 0 bridgehead atoms. The van der Waals surface area contributed by atoms with Crippen LogP contribution in [-0.4, -0.2) is 51.5 Å². The molecule has 0 aliphatic carbocycles. The van der Waals surface area contributed by atoms with E-state index in [4.69, 9.17) is 9.47 Å². The Balaban J connectivity index is 2.47. The summed E-state index contributed by atoms with van der Waals surface area (Å²) in [6, 6.07) is 13.6. The van der Waals surface area contributed by atoms with Crippen molar-refractivity contribution in [1.29, 1.82) is 0 Å². The van der Waals surface area contributed by atoms with Gasteiger partial charge in [-0.3, -0.25) is 9.59 Å². The van der Waals surface area contributed by atoms with E-state index in [0.717, 1.165) is 5.56 Å². The molecule has 0 radical (unpaired) electrons. The molecule has 1 amide bonds. The zero-order valence-electron chi connectivity index (χ0n) is 19.9. The molecule has 2 aromatic carbocycles. The molecule has 0 fully saturated rings. The first-order valence-corrected chi connectivity index (χ1v) is 12.0. The maximum atomic E-state index is 13.5. The summed E-state index contributed by atoms with van der Waals surface area (Å²) >= 11 is 0. The number of methoxy groups -OCH3 is 2. The molecule has 0 aromatic heterocycles. The Morgan fingerprint density at radius 3 is 2.24 bits per heavy atom. The van der Waals surface area contributed by atoms with Crippen LogP contribution in [0.4, 0.5) is 0 Å². The van der Waals surface area contributed by atoms with E-state index in [-0.39, 0.29) is 29.3 Å². The fourth-order valence-corrected chi connectivity index (χ4v) is 4.90. The lowest BCUT2D eigenvalue weighted by molar-refractivity contribution is -0.145. The molecule has 180 valence electrons. The number of nitrogens with one attached hydrogen (secondary N) is 1. The summed E-state index contributed by atoms with van der Waals surface area (Å²) in [5.74, 6) is -1.29. The lowest BCUT2D eigenvalue weighted by atomic mass is 10.1. The second-order valence-electron chi connectivity index (χ2n) is 8.82. The number of rotatable bonds is 9. The van der Waals surface area contributed by atoms with Crippen LogP contribution in [0.15, 0.2) is 53.4 Å². The minimum atomic E-state index is -3.96. The van der Waals surface area contributed by atoms with Gasteiger partial charge in [-0.2, -0.15) is 0 Å². The Hall–Kier alpha value is -2.91. The van der Waals surface area contributed by atoms with Gasteiger partial charge in [0.1, 0.15) is 10.6 Å². The van der Waals surface area contributed by atoms with Crippen molar-refractivity contribution < 1.29 is 27.5 Å². The van der Waals surface area contributed by atoms with Crippen LogP contribution in [0.2, 0.25) is 0 Å². The summed E-state index contributed by atoms with van der Waals surface area (Å²) in [5, 5.41) is 0. The van der Waals surface area contributed by atoms with Crippen LogP contribution in [-0.2, 0) is 26.1 Å². The van der Waals surface area contributed by atoms with E-state index in [1.807, 2.05) is 30.3 Å². The number of amides is 1. The number of benzene rings is 2. The van der Waals surface area contributed by atoms with E-state index in [9.17, 15) is 18.0 Å². The highest BCUT2D eigenvalue weighted by Gasteiger charge is 2.28. The smallest absolute Gasteiger partial charge is 0.310 e. The van der Waals surface area contributed by atoms with Gasteiger partial charge < -0.3 is 14.4 Å². The predicted octanol–water partition coefficient (Wildman–Crippen LogP) is 3.22. The number of carbonyl (C=O) groups is 2. The van der Waals surface area contributed by atoms with Crippen molar-refractivity contribution in [2.24, 2.45) is 5.92 Å². The Labute approximate surface area is 195 Å². The zero-order chi connectivity index (χ0) is 24.8. The molecule has 0 aliphatic heterocycles. The van der Waals surface area contributed by atoms with Crippen molar-refractivity contribution in [2.75, 3.05) is 20.8 Å². The van der Waals surface area contributed by atoms with E-state index in [1.165, 1.54) is 37.3 Å². The highest BCUT2D eigenvalue weighted by molar-refractivity contribution is 7.89. The molecule has 9 heteroatoms. The number of nitrogens with zero attached hydrogens (tertiary/aromatic N) is 1. The Bertz CT molecular complexity index is 1080. The number of hydrogen-bond donors (Lipinski definition) is 1. The van der Waals surface area contributed by atoms with Gasteiger partial charge in [0.05, 0.1) is 20.1 Å². The van der Waals surface area contributed by atoms with Gasteiger partial charge in [0.25, 0.3) is 5.91 Å². The molecule has 2 aromatic rings. The summed E-state index contributed by atoms with van der Waals surface area (Å²) in [5.41, 5.74) is 0.316. The third-order valence-electron chi connectivity index (χ3n) is 4.74. The summed E-state index contributed by atoms with van der Waals surface area (Å²) < 4.78 is 38.6. The average molecular weight is 477 g/mol. The molecule has 0 saturated heterocycles. The summed E-state index contributed by atoms with van der Waals surface area (Å²) in [6.07, 6.45) is 0. The van der Waals surface area contributed by atoms with Gasteiger partial charge in [0, 0.05) is 24.2 Å². The first-order valence-electron chi connectivity index (χ1n) is 10.5. The van der Waals surface area contributed by atoms with Gasteiger partial charge in [-0.25, -0.2) is 13.1 Å². The Morgan fingerprint density at radius 2 is 1.70 bits per heavy atom. The first kappa shape index (κ1) is 26.3. The molecule has 0 spiro atoms. The van der Waals surface area contributed by atoms with E-state index < -0.39 is 33.4 Å². The van der Waals surface area contributed by atoms with E-state index in [2.05, 4.69) is 4.72 Å². The van der Waals surface area contributed by atoms with Crippen LogP contribution >= 0.6 is 0 Å². The van der Waals surface area contributed by atoms with Gasteiger partial charge in [-0.1, -0.05) is 37.3 Å². The van der Waals surface area contributed by atoms with Crippen molar-refractivity contribution in [3.05, 3.63) is 59.7 Å². The molecule has 1 N–H and O–H groups in total. The molecule has 8 nitrogen and oxygen atoms in total. The minimum Gasteiger partial charge on any atom is -0.495 e. The van der Waals surface area contributed by atoms with E-state index in [0.29, 0.717) is 0 Å². The molecule has 1 unspecified atom stereocenters. The van der Waals surface area contributed by atoms with Crippen molar-refractivity contribution in [3.63, 3.8) is 0 Å². The molecular formula is C24H32N2O6S. The maximum Gasteiger partial charge on any atom is 0.310 e. The van der Waals surface area contributed by atoms with Crippen LogP contribution in [0.5, 0.6) is 5.75 Å². The monoisotopic (exact) mass is 476 g/mol. The van der Waals surface area contributed by atoms with E-state index in [1.54, 1.807) is 27.7 Å². The number of sulfonamides is 1. The summed E-state index contributed by atoms with van der Waals surface area (Å²) in [6.45, 7) is 7.20. The van der Waals surface area contributed by atoms with Crippen LogP contribution < -0.4 is 9.46 Å². The SMILES string of the molecule is COC(=O)C(C)CN(Cc1ccccc1)C(=O)c1ccc(OC)c(S(=O)(=O)NC(C)(C)C)c1. The molecule has 33 heavy (non-hydrogen) atoms. The van der Waals surface area contributed by atoms with Gasteiger partial charge in [-0.15, -0.1) is 0 Å². The molecule has 0 heterocycles. The highest BCUT2D eigenvalue weighted by atomic mass is 32.2. The fourth-order valence-electron chi connectivity index (χ4n) is 3.29. The third kappa shape index (κ3) is 7.30.